The molecule has 0 aliphatic carbocycles. The summed E-state index contributed by atoms with van der Waals surface area (Å²) in [4.78, 5) is 16.2. The Bertz CT molecular complexity index is 582. The summed E-state index contributed by atoms with van der Waals surface area (Å²) in [7, 11) is 0. The molecule has 0 saturated carbocycles. The van der Waals surface area contributed by atoms with Crippen LogP contribution in [0.4, 0.5) is 0 Å². The van der Waals surface area contributed by atoms with Crippen molar-refractivity contribution >= 4 is 17.5 Å². The SMILES string of the molecule is Cc1cc(Cl)c(C(=O)NC(C)CCc2ccco2)cn1. The lowest BCUT2D eigenvalue weighted by Crippen LogP contribution is -2.33. The van der Waals surface area contributed by atoms with Crippen LogP contribution in [0.15, 0.2) is 35.1 Å². The lowest BCUT2D eigenvalue weighted by Gasteiger charge is -2.13. The molecule has 2 aromatic rings. The van der Waals surface area contributed by atoms with Gasteiger partial charge in [-0.05, 0) is 38.5 Å². The van der Waals surface area contributed by atoms with E-state index >= 15 is 0 Å². The van der Waals surface area contributed by atoms with Gasteiger partial charge < -0.3 is 9.73 Å². The van der Waals surface area contributed by atoms with E-state index in [0.29, 0.717) is 10.6 Å². The highest BCUT2D eigenvalue weighted by Crippen LogP contribution is 2.16. The van der Waals surface area contributed by atoms with E-state index in [1.165, 1.54) is 6.20 Å². The quantitative estimate of drug-likeness (QED) is 0.919. The summed E-state index contributed by atoms with van der Waals surface area (Å²) < 4.78 is 5.26. The minimum atomic E-state index is -0.200. The molecule has 5 heteroatoms. The van der Waals surface area contributed by atoms with Crippen molar-refractivity contribution in [2.24, 2.45) is 0 Å². The number of pyridine rings is 1. The lowest BCUT2D eigenvalue weighted by molar-refractivity contribution is 0.0938. The molecule has 0 saturated heterocycles. The molecule has 4 nitrogen and oxygen atoms in total. The van der Waals surface area contributed by atoms with Gasteiger partial charge >= 0.3 is 0 Å². The van der Waals surface area contributed by atoms with E-state index in [4.69, 9.17) is 16.0 Å². The summed E-state index contributed by atoms with van der Waals surface area (Å²) in [6.07, 6.45) is 4.74. The van der Waals surface area contributed by atoms with Crippen LogP contribution in [0.25, 0.3) is 0 Å². The van der Waals surface area contributed by atoms with Crippen LogP contribution in [0.2, 0.25) is 5.02 Å². The van der Waals surface area contributed by atoms with Gasteiger partial charge in [0.25, 0.3) is 5.91 Å². The number of nitrogens with zero attached hydrogens (tertiary/aromatic N) is 1. The van der Waals surface area contributed by atoms with Crippen LogP contribution in [0, 0.1) is 6.92 Å². The van der Waals surface area contributed by atoms with E-state index < -0.39 is 0 Å². The van der Waals surface area contributed by atoms with Crippen LogP contribution in [-0.2, 0) is 6.42 Å². The third-order valence-corrected chi connectivity index (χ3v) is 3.33. The number of hydrogen-bond acceptors (Lipinski definition) is 3. The standard InChI is InChI=1S/C15H17ClN2O2/c1-10(5-6-12-4-3-7-20-12)18-15(19)13-9-17-11(2)8-14(13)16/h3-4,7-10H,5-6H2,1-2H3,(H,18,19). The maximum atomic E-state index is 12.1. The molecule has 20 heavy (non-hydrogen) atoms. The van der Waals surface area contributed by atoms with Crippen molar-refractivity contribution < 1.29 is 9.21 Å². The Labute approximate surface area is 123 Å². The van der Waals surface area contributed by atoms with Gasteiger partial charge in [0, 0.05) is 24.4 Å². The molecule has 1 atom stereocenters. The van der Waals surface area contributed by atoms with Gasteiger partial charge in [0.2, 0.25) is 0 Å². The molecular formula is C15H17ClN2O2. The minimum absolute atomic E-state index is 0.0324. The highest BCUT2D eigenvalue weighted by atomic mass is 35.5. The van der Waals surface area contributed by atoms with Crippen molar-refractivity contribution in [2.75, 3.05) is 0 Å². The van der Waals surface area contributed by atoms with Gasteiger partial charge in [-0.25, -0.2) is 0 Å². The molecule has 1 unspecified atom stereocenters. The fourth-order valence-corrected chi connectivity index (χ4v) is 2.17. The van der Waals surface area contributed by atoms with Crippen molar-refractivity contribution in [3.05, 3.63) is 52.7 Å². The van der Waals surface area contributed by atoms with Crippen molar-refractivity contribution in [3.63, 3.8) is 0 Å². The third kappa shape index (κ3) is 3.84. The largest absolute Gasteiger partial charge is 0.469 e. The number of aryl methyl sites for hydroxylation is 2. The number of furan rings is 1. The highest BCUT2D eigenvalue weighted by molar-refractivity contribution is 6.33. The van der Waals surface area contributed by atoms with E-state index in [2.05, 4.69) is 10.3 Å². The summed E-state index contributed by atoms with van der Waals surface area (Å²) >= 11 is 6.05. The Morgan fingerprint density at radius 2 is 2.35 bits per heavy atom. The van der Waals surface area contributed by atoms with Crippen LogP contribution in [0.3, 0.4) is 0 Å². The number of rotatable bonds is 5. The average molecular weight is 293 g/mol. The van der Waals surface area contributed by atoms with Crippen molar-refractivity contribution in [3.8, 4) is 0 Å². The summed E-state index contributed by atoms with van der Waals surface area (Å²) in [5.41, 5.74) is 1.19. The summed E-state index contributed by atoms with van der Waals surface area (Å²) in [5, 5.41) is 3.34. The fraction of sp³-hybridized carbons (Fsp3) is 0.333. The third-order valence-electron chi connectivity index (χ3n) is 3.02. The second-order valence-electron chi connectivity index (χ2n) is 4.80. The molecule has 0 aliphatic heterocycles. The van der Waals surface area contributed by atoms with E-state index in [0.717, 1.165) is 24.3 Å². The van der Waals surface area contributed by atoms with Crippen LogP contribution in [-0.4, -0.2) is 16.9 Å². The van der Waals surface area contributed by atoms with Gasteiger partial charge in [-0.1, -0.05) is 11.6 Å². The number of nitrogens with one attached hydrogen (secondary N) is 1. The first kappa shape index (κ1) is 14.6. The summed E-state index contributed by atoms with van der Waals surface area (Å²) in [6.45, 7) is 3.79. The molecule has 0 aliphatic rings. The normalized spacial score (nSPS) is 12.2. The van der Waals surface area contributed by atoms with E-state index in [1.54, 1.807) is 12.3 Å². The van der Waals surface area contributed by atoms with Crippen LogP contribution >= 0.6 is 11.6 Å². The molecule has 1 N–H and O–H groups in total. The minimum Gasteiger partial charge on any atom is -0.469 e. The number of hydrogen-bond donors (Lipinski definition) is 1. The molecular weight excluding hydrogens is 276 g/mol. The topological polar surface area (TPSA) is 55.1 Å². The maximum Gasteiger partial charge on any atom is 0.254 e. The molecule has 0 fully saturated rings. The second-order valence-corrected chi connectivity index (χ2v) is 5.21. The smallest absolute Gasteiger partial charge is 0.254 e. The summed E-state index contributed by atoms with van der Waals surface area (Å²) in [5.74, 6) is 0.718. The molecule has 2 heterocycles. The number of carbonyl (C=O) groups is 1. The zero-order valence-corrected chi connectivity index (χ0v) is 12.3. The Kier molecular flexibility index (Phi) is 4.79. The first-order valence-electron chi connectivity index (χ1n) is 6.51. The molecule has 0 radical (unpaired) electrons. The lowest BCUT2D eigenvalue weighted by atomic mass is 10.1. The predicted octanol–water partition coefficient (Wildman–Crippen LogP) is 3.39. The zero-order valence-electron chi connectivity index (χ0n) is 11.5. The first-order valence-corrected chi connectivity index (χ1v) is 6.89. The molecule has 0 aromatic carbocycles. The molecule has 1 amide bonds. The van der Waals surface area contributed by atoms with Crippen molar-refractivity contribution in [1.29, 1.82) is 0 Å². The molecule has 0 spiro atoms. The number of aromatic nitrogens is 1. The number of carbonyl (C=O) groups excluding carboxylic acids is 1. The van der Waals surface area contributed by atoms with E-state index in [-0.39, 0.29) is 11.9 Å². The first-order chi connectivity index (χ1) is 9.56. The van der Waals surface area contributed by atoms with Gasteiger partial charge in [0.15, 0.2) is 0 Å². The van der Waals surface area contributed by atoms with Crippen LogP contribution in [0.5, 0.6) is 0 Å². The molecule has 106 valence electrons. The monoisotopic (exact) mass is 292 g/mol. The highest BCUT2D eigenvalue weighted by Gasteiger charge is 2.14. The van der Waals surface area contributed by atoms with Crippen molar-refractivity contribution in [1.82, 2.24) is 10.3 Å². The fourth-order valence-electron chi connectivity index (χ4n) is 1.88. The van der Waals surface area contributed by atoms with E-state index in [9.17, 15) is 4.79 Å². The van der Waals surface area contributed by atoms with Crippen molar-refractivity contribution in [2.45, 2.75) is 32.7 Å². The Morgan fingerprint density at radius 3 is 3.00 bits per heavy atom. The predicted molar refractivity (Wildman–Crippen MR) is 77.9 cm³/mol. The molecule has 0 bridgehead atoms. The number of halogens is 1. The zero-order chi connectivity index (χ0) is 14.5. The van der Waals surface area contributed by atoms with Gasteiger partial charge in [0.05, 0.1) is 16.8 Å². The van der Waals surface area contributed by atoms with Crippen LogP contribution in [0.1, 0.15) is 35.2 Å². The second kappa shape index (κ2) is 6.57. The van der Waals surface area contributed by atoms with Gasteiger partial charge in [-0.3, -0.25) is 9.78 Å². The molecule has 2 rings (SSSR count). The number of amides is 1. The van der Waals surface area contributed by atoms with Crippen LogP contribution < -0.4 is 5.32 Å². The Morgan fingerprint density at radius 1 is 1.55 bits per heavy atom. The average Bonchev–Trinajstić information content (AvgIpc) is 2.89. The summed E-state index contributed by atoms with van der Waals surface area (Å²) in [6, 6.07) is 5.50. The Balaban J connectivity index is 1.90. The van der Waals surface area contributed by atoms with Gasteiger partial charge in [0.1, 0.15) is 5.76 Å². The van der Waals surface area contributed by atoms with E-state index in [1.807, 2.05) is 26.0 Å². The molecule has 2 aromatic heterocycles. The maximum absolute atomic E-state index is 12.1. The van der Waals surface area contributed by atoms with Gasteiger partial charge in [-0.2, -0.15) is 0 Å². The van der Waals surface area contributed by atoms with Gasteiger partial charge in [-0.15, -0.1) is 0 Å². The Hall–Kier alpha value is -1.81.